The lowest BCUT2D eigenvalue weighted by Gasteiger charge is -2.33. The third-order valence-corrected chi connectivity index (χ3v) is 4.63. The summed E-state index contributed by atoms with van der Waals surface area (Å²) in [5, 5.41) is 10.9. The number of benzene rings is 1. The lowest BCUT2D eigenvalue weighted by atomic mass is 10.0. The van der Waals surface area contributed by atoms with E-state index in [0.29, 0.717) is 30.3 Å². The first kappa shape index (κ1) is 17.9. The first-order valence-corrected chi connectivity index (χ1v) is 8.74. The number of aliphatic hydroxyl groups is 1. The number of likely N-dealkylation sites (tertiary alicyclic amines) is 1. The third-order valence-electron chi connectivity index (χ3n) is 4.38. The molecule has 1 N–H and O–H groups in total. The molecule has 5 nitrogen and oxygen atoms in total. The van der Waals surface area contributed by atoms with E-state index in [4.69, 9.17) is 16.3 Å². The van der Waals surface area contributed by atoms with Crippen LogP contribution >= 0.6 is 11.6 Å². The van der Waals surface area contributed by atoms with Crippen molar-refractivity contribution in [1.29, 1.82) is 0 Å². The predicted molar refractivity (Wildman–Crippen MR) is 95.0 cm³/mol. The highest BCUT2D eigenvalue weighted by Gasteiger charge is 2.28. The zero-order valence-electron chi connectivity index (χ0n) is 13.8. The van der Waals surface area contributed by atoms with E-state index >= 15 is 0 Å². The van der Waals surface area contributed by atoms with Gasteiger partial charge < -0.3 is 14.7 Å². The number of pyridine rings is 1. The van der Waals surface area contributed by atoms with Gasteiger partial charge in [0.05, 0.1) is 12.7 Å². The molecule has 0 unspecified atom stereocenters. The second kappa shape index (κ2) is 8.43. The Bertz CT molecular complexity index is 686. The molecule has 1 aliphatic rings. The van der Waals surface area contributed by atoms with Crippen molar-refractivity contribution in [2.24, 2.45) is 0 Å². The second-order valence-electron chi connectivity index (χ2n) is 6.15. The van der Waals surface area contributed by atoms with E-state index in [9.17, 15) is 9.90 Å². The summed E-state index contributed by atoms with van der Waals surface area (Å²) < 4.78 is 5.90. The highest BCUT2D eigenvalue weighted by molar-refractivity contribution is 6.30. The van der Waals surface area contributed by atoms with Gasteiger partial charge in [-0.25, -0.2) is 0 Å². The molecule has 0 saturated carbocycles. The average molecular weight is 361 g/mol. The van der Waals surface area contributed by atoms with Gasteiger partial charge in [-0.15, -0.1) is 0 Å². The largest absolute Gasteiger partial charge is 0.378 e. The first-order chi connectivity index (χ1) is 12.1. The van der Waals surface area contributed by atoms with Gasteiger partial charge in [-0.05, 0) is 42.2 Å². The molecular weight excluding hydrogens is 340 g/mol. The lowest BCUT2D eigenvalue weighted by Crippen LogP contribution is -2.43. The Morgan fingerprint density at radius 1 is 1.28 bits per heavy atom. The molecule has 3 rings (SSSR count). The molecule has 6 heteroatoms. The van der Waals surface area contributed by atoms with Crippen LogP contribution in [0.5, 0.6) is 0 Å². The monoisotopic (exact) mass is 360 g/mol. The Balaban J connectivity index is 1.48. The molecule has 25 heavy (non-hydrogen) atoms. The smallest absolute Gasteiger partial charge is 0.256 e. The molecule has 1 amide bonds. The van der Waals surface area contributed by atoms with Gasteiger partial charge in [-0.1, -0.05) is 29.8 Å². The van der Waals surface area contributed by atoms with Crippen LogP contribution in [0.4, 0.5) is 0 Å². The van der Waals surface area contributed by atoms with Gasteiger partial charge in [0, 0.05) is 30.5 Å². The molecule has 2 heterocycles. The number of aliphatic hydroxyl groups excluding tert-OH is 1. The maximum atomic E-state index is 12.5. The van der Waals surface area contributed by atoms with Crippen molar-refractivity contribution in [1.82, 2.24) is 9.88 Å². The maximum absolute atomic E-state index is 12.5. The summed E-state index contributed by atoms with van der Waals surface area (Å²) >= 11 is 5.84. The quantitative estimate of drug-likeness (QED) is 0.890. The maximum Gasteiger partial charge on any atom is 0.256 e. The molecule has 1 fully saturated rings. The van der Waals surface area contributed by atoms with Gasteiger partial charge in [0.2, 0.25) is 0 Å². The predicted octanol–water partition coefficient (Wildman–Crippen LogP) is 2.98. The Kier molecular flexibility index (Phi) is 6.02. The SMILES string of the molecule is O=C([C@H](O)c1ccc(Cl)cc1)N1CCC(OCc2cccnc2)CC1. The first-order valence-electron chi connectivity index (χ1n) is 8.36. The van der Waals surface area contributed by atoms with Crippen LogP contribution in [0.2, 0.25) is 5.02 Å². The van der Waals surface area contributed by atoms with Crippen molar-refractivity contribution in [3.63, 3.8) is 0 Å². The van der Waals surface area contributed by atoms with Crippen LogP contribution in [0.25, 0.3) is 0 Å². The zero-order valence-corrected chi connectivity index (χ0v) is 14.6. The number of hydrogen-bond donors (Lipinski definition) is 1. The topological polar surface area (TPSA) is 62.7 Å². The van der Waals surface area contributed by atoms with Crippen LogP contribution in [0, 0.1) is 0 Å². The fourth-order valence-electron chi connectivity index (χ4n) is 2.90. The van der Waals surface area contributed by atoms with E-state index in [2.05, 4.69) is 4.98 Å². The number of ether oxygens (including phenoxy) is 1. The van der Waals surface area contributed by atoms with Crippen LogP contribution in [-0.2, 0) is 16.1 Å². The minimum atomic E-state index is -1.15. The molecule has 0 bridgehead atoms. The van der Waals surface area contributed by atoms with Crippen LogP contribution in [0.15, 0.2) is 48.8 Å². The lowest BCUT2D eigenvalue weighted by molar-refractivity contribution is -0.143. The van der Waals surface area contributed by atoms with Crippen LogP contribution in [0.1, 0.15) is 30.1 Å². The zero-order chi connectivity index (χ0) is 17.6. The fraction of sp³-hybridized carbons (Fsp3) is 0.368. The number of carbonyl (C=O) groups excluding carboxylic acids is 1. The minimum Gasteiger partial charge on any atom is -0.378 e. The standard InChI is InChI=1S/C19H21ClN2O3/c20-16-5-3-15(4-6-16)18(23)19(24)22-10-7-17(8-11-22)25-13-14-2-1-9-21-12-14/h1-6,9,12,17-18,23H,7-8,10-11,13H2/t18-/m1/s1. The Morgan fingerprint density at radius 2 is 2.00 bits per heavy atom. The van der Waals surface area contributed by atoms with Gasteiger partial charge in [-0.2, -0.15) is 0 Å². The van der Waals surface area contributed by atoms with E-state index in [1.165, 1.54) is 0 Å². The number of aromatic nitrogens is 1. The molecule has 1 aromatic heterocycles. The molecule has 1 aromatic carbocycles. The van der Waals surface area contributed by atoms with Crippen LogP contribution < -0.4 is 0 Å². The summed E-state index contributed by atoms with van der Waals surface area (Å²) in [4.78, 5) is 18.2. The third kappa shape index (κ3) is 4.78. The van der Waals surface area contributed by atoms with Crippen molar-refractivity contribution in [2.75, 3.05) is 13.1 Å². The molecule has 132 valence electrons. The summed E-state index contributed by atoms with van der Waals surface area (Å²) in [6.45, 7) is 1.70. The van der Waals surface area contributed by atoms with Crippen LogP contribution in [-0.4, -0.2) is 40.1 Å². The van der Waals surface area contributed by atoms with Crippen molar-refractivity contribution in [2.45, 2.75) is 31.7 Å². The summed E-state index contributed by atoms with van der Waals surface area (Å²) in [7, 11) is 0. The summed E-state index contributed by atoms with van der Waals surface area (Å²) in [5.41, 5.74) is 1.60. The number of carbonyl (C=O) groups is 1. The van der Waals surface area contributed by atoms with Gasteiger partial charge in [0.1, 0.15) is 0 Å². The fourth-order valence-corrected chi connectivity index (χ4v) is 3.03. The Hall–Kier alpha value is -1.95. The van der Waals surface area contributed by atoms with E-state index < -0.39 is 6.10 Å². The van der Waals surface area contributed by atoms with Crippen molar-refractivity contribution >= 4 is 17.5 Å². The van der Waals surface area contributed by atoms with Gasteiger partial charge in [-0.3, -0.25) is 9.78 Å². The van der Waals surface area contributed by atoms with Gasteiger partial charge >= 0.3 is 0 Å². The van der Waals surface area contributed by atoms with Crippen molar-refractivity contribution in [3.05, 3.63) is 64.9 Å². The van der Waals surface area contributed by atoms with E-state index in [0.717, 1.165) is 18.4 Å². The van der Waals surface area contributed by atoms with E-state index in [1.54, 1.807) is 41.6 Å². The average Bonchev–Trinajstić information content (AvgIpc) is 2.67. The van der Waals surface area contributed by atoms with Crippen LogP contribution in [0.3, 0.4) is 0 Å². The van der Waals surface area contributed by atoms with E-state index in [-0.39, 0.29) is 12.0 Å². The highest BCUT2D eigenvalue weighted by atomic mass is 35.5. The van der Waals surface area contributed by atoms with Gasteiger partial charge in [0.25, 0.3) is 5.91 Å². The number of hydrogen-bond acceptors (Lipinski definition) is 4. The summed E-state index contributed by atoms with van der Waals surface area (Å²) in [5.74, 6) is -0.270. The molecule has 0 radical (unpaired) electrons. The number of rotatable bonds is 5. The minimum absolute atomic E-state index is 0.122. The number of halogens is 1. The number of nitrogens with zero attached hydrogens (tertiary/aromatic N) is 2. The summed E-state index contributed by atoms with van der Waals surface area (Å²) in [6.07, 6.45) is 4.03. The molecule has 0 aliphatic carbocycles. The molecule has 1 atom stereocenters. The molecule has 0 spiro atoms. The highest BCUT2D eigenvalue weighted by Crippen LogP contribution is 2.22. The summed E-state index contributed by atoms with van der Waals surface area (Å²) in [6, 6.07) is 10.6. The van der Waals surface area contributed by atoms with Crippen molar-refractivity contribution in [3.8, 4) is 0 Å². The molecular formula is C19H21ClN2O3. The Labute approximate surface area is 152 Å². The van der Waals surface area contributed by atoms with Crippen molar-refractivity contribution < 1.29 is 14.6 Å². The number of amides is 1. The second-order valence-corrected chi connectivity index (χ2v) is 6.59. The normalized spacial score (nSPS) is 16.6. The van der Waals surface area contributed by atoms with E-state index in [1.807, 2.05) is 12.1 Å². The number of piperidine rings is 1. The molecule has 2 aromatic rings. The Morgan fingerprint density at radius 3 is 2.64 bits per heavy atom. The molecule has 1 aliphatic heterocycles. The van der Waals surface area contributed by atoms with Gasteiger partial charge in [0.15, 0.2) is 6.10 Å². The molecule has 1 saturated heterocycles.